The second-order valence-electron chi connectivity index (χ2n) is 6.93. The van der Waals surface area contributed by atoms with E-state index in [2.05, 4.69) is 10.6 Å². The molecule has 150 valence electrons. The molecule has 0 fully saturated rings. The zero-order valence-corrected chi connectivity index (χ0v) is 16.7. The number of hydrogen-bond donors (Lipinski definition) is 2. The molecule has 8 heteroatoms. The monoisotopic (exact) mass is 398 g/mol. The van der Waals surface area contributed by atoms with E-state index in [4.69, 9.17) is 21.1 Å². The maximum Gasteiger partial charge on any atom is 0.408 e. The van der Waals surface area contributed by atoms with Crippen LogP contribution in [0.2, 0.25) is 0 Å². The number of alkyl halides is 1. The summed E-state index contributed by atoms with van der Waals surface area (Å²) in [5.41, 5.74) is 0.227. The number of ketones is 1. The van der Waals surface area contributed by atoms with Crippen LogP contribution in [0, 0.1) is 0 Å². The van der Waals surface area contributed by atoms with Crippen molar-refractivity contribution in [2.24, 2.45) is 0 Å². The van der Waals surface area contributed by atoms with Crippen LogP contribution in [0.1, 0.15) is 39.2 Å². The van der Waals surface area contributed by atoms with Crippen LogP contribution in [-0.2, 0) is 20.9 Å². The van der Waals surface area contributed by atoms with Gasteiger partial charge in [0.25, 0.3) is 0 Å². The second kappa shape index (κ2) is 11.4. The molecule has 2 amide bonds. The number of Topliss-reactive ketones (excluding diaryl/α,β-unsaturated/α-hetero) is 1. The lowest BCUT2D eigenvalue weighted by atomic mass is 10.1. The van der Waals surface area contributed by atoms with E-state index in [1.54, 1.807) is 20.8 Å². The van der Waals surface area contributed by atoms with Gasteiger partial charge in [0, 0.05) is 6.54 Å². The summed E-state index contributed by atoms with van der Waals surface area (Å²) in [6, 6.07) is 8.56. The van der Waals surface area contributed by atoms with Gasteiger partial charge in [-0.25, -0.2) is 9.59 Å². The minimum absolute atomic E-state index is 0.181. The zero-order chi connectivity index (χ0) is 20.3. The third-order valence-electron chi connectivity index (χ3n) is 3.36. The Kier molecular flexibility index (Phi) is 9.64. The summed E-state index contributed by atoms with van der Waals surface area (Å²) in [5.74, 6) is -0.526. The Hall–Kier alpha value is -2.28. The van der Waals surface area contributed by atoms with Gasteiger partial charge in [-0.15, -0.1) is 11.6 Å². The SMILES string of the molecule is CC(C)(C)OC(=O)N[C@H](CCCNC(=O)OCc1ccccc1)C(=O)CCl. The van der Waals surface area contributed by atoms with Crippen LogP contribution in [0.3, 0.4) is 0 Å². The van der Waals surface area contributed by atoms with E-state index < -0.39 is 23.8 Å². The van der Waals surface area contributed by atoms with Crippen molar-refractivity contribution in [2.45, 2.75) is 51.9 Å². The second-order valence-corrected chi connectivity index (χ2v) is 7.20. The average Bonchev–Trinajstić information content (AvgIpc) is 2.61. The van der Waals surface area contributed by atoms with Crippen molar-refractivity contribution in [3.63, 3.8) is 0 Å². The van der Waals surface area contributed by atoms with Gasteiger partial charge in [-0.05, 0) is 39.2 Å². The van der Waals surface area contributed by atoms with Crippen molar-refractivity contribution in [3.05, 3.63) is 35.9 Å². The molecule has 0 aliphatic carbocycles. The Morgan fingerprint density at radius 2 is 1.78 bits per heavy atom. The lowest BCUT2D eigenvalue weighted by molar-refractivity contribution is -0.118. The van der Waals surface area contributed by atoms with Crippen LogP contribution < -0.4 is 10.6 Å². The number of alkyl carbamates (subject to hydrolysis) is 2. The summed E-state index contributed by atoms with van der Waals surface area (Å²) in [6.07, 6.45) is -0.437. The van der Waals surface area contributed by atoms with Crippen LogP contribution in [0.5, 0.6) is 0 Å². The number of amides is 2. The number of rotatable bonds is 9. The van der Waals surface area contributed by atoms with E-state index in [1.165, 1.54) is 0 Å². The molecule has 27 heavy (non-hydrogen) atoms. The average molecular weight is 399 g/mol. The molecule has 1 aromatic rings. The summed E-state index contributed by atoms with van der Waals surface area (Å²) >= 11 is 5.59. The Labute approximate surface area is 164 Å². The van der Waals surface area contributed by atoms with Crippen LogP contribution in [-0.4, -0.2) is 42.0 Å². The predicted octanol–water partition coefficient (Wildman–Crippen LogP) is 3.39. The van der Waals surface area contributed by atoms with Gasteiger partial charge in [-0.1, -0.05) is 30.3 Å². The third kappa shape index (κ3) is 10.5. The standard InChI is InChI=1S/C19H27ClN2O5/c1-19(2,3)27-18(25)22-15(16(23)12-20)10-7-11-21-17(24)26-13-14-8-5-4-6-9-14/h4-6,8-9,15H,7,10-13H2,1-3H3,(H,21,24)(H,22,25)/t15-/m1/s1. The van der Waals surface area contributed by atoms with E-state index in [-0.39, 0.29) is 18.3 Å². The van der Waals surface area contributed by atoms with E-state index in [9.17, 15) is 14.4 Å². The lowest BCUT2D eigenvalue weighted by Gasteiger charge is -2.22. The first-order chi connectivity index (χ1) is 12.7. The van der Waals surface area contributed by atoms with E-state index >= 15 is 0 Å². The largest absolute Gasteiger partial charge is 0.445 e. The molecule has 0 radical (unpaired) electrons. The first-order valence-electron chi connectivity index (χ1n) is 8.74. The van der Waals surface area contributed by atoms with Crippen molar-refractivity contribution in [2.75, 3.05) is 12.4 Å². The topological polar surface area (TPSA) is 93.7 Å². The molecular formula is C19H27ClN2O5. The number of carbonyl (C=O) groups is 3. The van der Waals surface area contributed by atoms with Gasteiger partial charge in [0.05, 0.1) is 11.9 Å². The fourth-order valence-corrected chi connectivity index (χ4v) is 2.31. The van der Waals surface area contributed by atoms with Crippen molar-refractivity contribution in [3.8, 4) is 0 Å². The number of hydrogen-bond acceptors (Lipinski definition) is 5. The summed E-state index contributed by atoms with van der Waals surface area (Å²) in [7, 11) is 0. The van der Waals surface area contributed by atoms with E-state index in [1.807, 2.05) is 30.3 Å². The number of carbonyl (C=O) groups excluding carboxylic acids is 3. The first kappa shape index (κ1) is 22.8. The highest BCUT2D eigenvalue weighted by Gasteiger charge is 2.23. The number of ether oxygens (including phenoxy) is 2. The molecule has 0 unspecified atom stereocenters. The van der Waals surface area contributed by atoms with Crippen LogP contribution in [0.4, 0.5) is 9.59 Å². The lowest BCUT2D eigenvalue weighted by Crippen LogP contribution is -2.44. The van der Waals surface area contributed by atoms with Crippen LogP contribution >= 0.6 is 11.6 Å². The summed E-state index contributed by atoms with van der Waals surface area (Å²) in [6.45, 7) is 5.68. The molecular weight excluding hydrogens is 372 g/mol. The maximum absolute atomic E-state index is 11.9. The molecule has 1 rings (SSSR count). The van der Waals surface area contributed by atoms with E-state index in [0.717, 1.165) is 5.56 Å². The van der Waals surface area contributed by atoms with Crippen LogP contribution in [0.25, 0.3) is 0 Å². The van der Waals surface area contributed by atoms with Crippen molar-refractivity contribution in [1.29, 1.82) is 0 Å². The molecule has 1 aromatic carbocycles. The van der Waals surface area contributed by atoms with Gasteiger partial charge < -0.3 is 20.1 Å². The summed E-state index contributed by atoms with van der Waals surface area (Å²) in [5, 5.41) is 5.13. The quantitative estimate of drug-likeness (QED) is 0.491. The van der Waals surface area contributed by atoms with Crippen molar-refractivity contribution in [1.82, 2.24) is 10.6 Å². The molecule has 0 saturated carbocycles. The Morgan fingerprint density at radius 1 is 1.11 bits per heavy atom. The zero-order valence-electron chi connectivity index (χ0n) is 15.9. The molecule has 0 spiro atoms. The smallest absolute Gasteiger partial charge is 0.408 e. The molecule has 0 saturated heterocycles. The molecule has 0 aromatic heterocycles. The summed E-state index contributed by atoms with van der Waals surface area (Å²) < 4.78 is 10.2. The van der Waals surface area contributed by atoms with Gasteiger partial charge in [0.15, 0.2) is 5.78 Å². The highest BCUT2D eigenvalue weighted by Crippen LogP contribution is 2.08. The molecule has 7 nitrogen and oxygen atoms in total. The first-order valence-corrected chi connectivity index (χ1v) is 9.27. The minimum Gasteiger partial charge on any atom is -0.445 e. The Balaban J connectivity index is 2.33. The van der Waals surface area contributed by atoms with E-state index in [0.29, 0.717) is 19.4 Å². The fraction of sp³-hybridized carbons (Fsp3) is 0.526. The van der Waals surface area contributed by atoms with Gasteiger partial charge in [-0.2, -0.15) is 0 Å². The Bertz CT molecular complexity index is 616. The third-order valence-corrected chi connectivity index (χ3v) is 3.63. The summed E-state index contributed by atoms with van der Waals surface area (Å²) in [4.78, 5) is 35.4. The normalized spacial score (nSPS) is 12.0. The van der Waals surface area contributed by atoms with Gasteiger partial charge in [-0.3, -0.25) is 4.79 Å². The van der Waals surface area contributed by atoms with Crippen LogP contribution in [0.15, 0.2) is 30.3 Å². The molecule has 1 atom stereocenters. The predicted molar refractivity (Wildman–Crippen MR) is 103 cm³/mol. The highest BCUT2D eigenvalue weighted by atomic mass is 35.5. The van der Waals surface area contributed by atoms with Crippen molar-refractivity contribution >= 4 is 29.6 Å². The fourth-order valence-electron chi connectivity index (χ4n) is 2.13. The maximum atomic E-state index is 11.9. The number of nitrogens with one attached hydrogen (secondary N) is 2. The van der Waals surface area contributed by atoms with Gasteiger partial charge in [0.1, 0.15) is 12.2 Å². The van der Waals surface area contributed by atoms with Crippen molar-refractivity contribution < 1.29 is 23.9 Å². The Morgan fingerprint density at radius 3 is 2.37 bits per heavy atom. The minimum atomic E-state index is -0.764. The van der Waals surface area contributed by atoms with Gasteiger partial charge >= 0.3 is 12.2 Å². The molecule has 0 heterocycles. The highest BCUT2D eigenvalue weighted by molar-refractivity contribution is 6.28. The molecule has 0 aliphatic rings. The number of halogens is 1. The molecule has 0 bridgehead atoms. The number of benzene rings is 1. The molecule has 0 aliphatic heterocycles. The molecule has 2 N–H and O–H groups in total. The van der Waals surface area contributed by atoms with Gasteiger partial charge in [0.2, 0.25) is 0 Å².